The van der Waals surface area contributed by atoms with Gasteiger partial charge in [0, 0.05) is 12.6 Å². The maximum absolute atomic E-state index is 12.6. The van der Waals surface area contributed by atoms with Crippen molar-refractivity contribution >= 4 is 17.5 Å². The zero-order valence-corrected chi connectivity index (χ0v) is 14.8. The second kappa shape index (κ2) is 7.13. The third-order valence-electron chi connectivity index (χ3n) is 4.78. The summed E-state index contributed by atoms with van der Waals surface area (Å²) in [5, 5.41) is 3.10. The largest absolute Gasteiger partial charge is 0.332 e. The lowest BCUT2D eigenvalue weighted by molar-refractivity contribution is -0.917. The van der Waals surface area contributed by atoms with Crippen LogP contribution in [-0.4, -0.2) is 48.9 Å². The van der Waals surface area contributed by atoms with Gasteiger partial charge < -0.3 is 15.1 Å². The lowest BCUT2D eigenvalue weighted by Crippen LogP contribution is -3.19. The van der Waals surface area contributed by atoms with Crippen LogP contribution >= 0.6 is 0 Å². The van der Waals surface area contributed by atoms with Crippen molar-refractivity contribution in [1.29, 1.82) is 0 Å². The number of hydrogen-bond acceptors (Lipinski definition) is 2. The fourth-order valence-electron chi connectivity index (χ4n) is 3.34. The molecule has 23 heavy (non-hydrogen) atoms. The number of carbonyl (C=O) groups excluding carboxylic acids is 2. The molecule has 1 aliphatic rings. The van der Waals surface area contributed by atoms with Crippen LogP contribution in [0.3, 0.4) is 0 Å². The molecule has 0 spiro atoms. The molecule has 1 saturated heterocycles. The predicted octanol–water partition coefficient (Wildman–Crippen LogP) is 0.686. The smallest absolute Gasteiger partial charge is 0.282 e. The third-order valence-corrected chi connectivity index (χ3v) is 4.78. The number of quaternary nitrogens is 1. The van der Waals surface area contributed by atoms with Gasteiger partial charge >= 0.3 is 0 Å². The molecule has 0 aromatic heterocycles. The summed E-state index contributed by atoms with van der Waals surface area (Å²) in [7, 11) is 0. The molecule has 5 nitrogen and oxygen atoms in total. The quantitative estimate of drug-likeness (QED) is 0.861. The number of rotatable bonds is 3. The fraction of sp³-hybridized carbons (Fsp3) is 0.556. The molecule has 1 atom stereocenters. The first-order chi connectivity index (χ1) is 10.8. The Morgan fingerprint density at radius 1 is 1.13 bits per heavy atom. The van der Waals surface area contributed by atoms with Crippen LogP contribution in [0.15, 0.2) is 12.1 Å². The fourth-order valence-corrected chi connectivity index (χ4v) is 3.34. The van der Waals surface area contributed by atoms with Crippen molar-refractivity contribution in [2.24, 2.45) is 0 Å². The second-order valence-electron chi connectivity index (χ2n) is 6.65. The van der Waals surface area contributed by atoms with Gasteiger partial charge in [-0.25, -0.2) is 0 Å². The maximum atomic E-state index is 12.6. The number of nitrogens with zero attached hydrogens (tertiary/aromatic N) is 1. The highest BCUT2D eigenvalue weighted by atomic mass is 16.2. The van der Waals surface area contributed by atoms with Gasteiger partial charge in [0.05, 0.1) is 26.2 Å². The van der Waals surface area contributed by atoms with Crippen molar-refractivity contribution in [3.8, 4) is 0 Å². The van der Waals surface area contributed by atoms with Crippen molar-refractivity contribution in [1.82, 2.24) is 4.90 Å². The van der Waals surface area contributed by atoms with Gasteiger partial charge in [0.25, 0.3) is 5.91 Å². The van der Waals surface area contributed by atoms with Crippen LogP contribution < -0.4 is 10.2 Å². The number of anilines is 1. The van der Waals surface area contributed by atoms with Crippen molar-refractivity contribution < 1.29 is 14.5 Å². The highest BCUT2D eigenvalue weighted by Crippen LogP contribution is 2.21. The summed E-state index contributed by atoms with van der Waals surface area (Å²) in [5.74, 6) is 0.165. The van der Waals surface area contributed by atoms with Crippen LogP contribution in [0.25, 0.3) is 0 Å². The first-order valence-corrected chi connectivity index (χ1v) is 8.28. The molecule has 1 heterocycles. The monoisotopic (exact) mass is 318 g/mol. The van der Waals surface area contributed by atoms with Gasteiger partial charge in [-0.1, -0.05) is 17.7 Å². The van der Waals surface area contributed by atoms with E-state index in [2.05, 4.69) is 24.4 Å². The van der Waals surface area contributed by atoms with Gasteiger partial charge in [-0.05, 0) is 38.8 Å². The van der Waals surface area contributed by atoms with Crippen LogP contribution in [0, 0.1) is 20.8 Å². The molecule has 2 amide bonds. The molecule has 0 unspecified atom stereocenters. The Morgan fingerprint density at radius 3 is 2.13 bits per heavy atom. The minimum Gasteiger partial charge on any atom is -0.332 e. The molecule has 1 aromatic carbocycles. The van der Waals surface area contributed by atoms with Gasteiger partial charge in [0.15, 0.2) is 6.04 Å². The summed E-state index contributed by atoms with van der Waals surface area (Å²) in [6.07, 6.45) is 0. The second-order valence-corrected chi connectivity index (χ2v) is 6.65. The molecule has 0 aliphatic carbocycles. The van der Waals surface area contributed by atoms with Gasteiger partial charge in [-0.2, -0.15) is 0 Å². The third kappa shape index (κ3) is 4.10. The Morgan fingerprint density at radius 2 is 1.65 bits per heavy atom. The standard InChI is InChI=1S/C18H27N3O2/c1-12-10-13(2)17(14(3)11-12)19-18(23)15(4)20-6-8-21(9-7-20)16(5)22/h10-11,15H,6-9H2,1-5H3,(H,19,23)/p+1/t15-/m0/s1. The van der Waals surface area contributed by atoms with Crippen molar-refractivity contribution in [3.05, 3.63) is 28.8 Å². The van der Waals surface area contributed by atoms with E-state index in [0.717, 1.165) is 43.0 Å². The molecule has 5 heteroatoms. The highest BCUT2D eigenvalue weighted by molar-refractivity contribution is 5.95. The Bertz CT molecular complexity index is 581. The molecule has 0 radical (unpaired) electrons. The lowest BCUT2D eigenvalue weighted by Gasteiger charge is -2.34. The van der Waals surface area contributed by atoms with E-state index in [1.165, 1.54) is 10.5 Å². The van der Waals surface area contributed by atoms with Crippen molar-refractivity contribution in [3.63, 3.8) is 0 Å². The molecule has 126 valence electrons. The zero-order valence-electron chi connectivity index (χ0n) is 14.8. The number of piperazine rings is 1. The van der Waals surface area contributed by atoms with E-state index in [9.17, 15) is 9.59 Å². The van der Waals surface area contributed by atoms with Gasteiger partial charge in [-0.15, -0.1) is 0 Å². The molecule has 0 bridgehead atoms. The van der Waals surface area contributed by atoms with Gasteiger partial charge in [0.1, 0.15) is 0 Å². The molecular formula is C18H28N3O2+. The summed E-state index contributed by atoms with van der Waals surface area (Å²) in [5.41, 5.74) is 4.32. The molecule has 1 aliphatic heterocycles. The number of benzene rings is 1. The van der Waals surface area contributed by atoms with E-state index in [1.807, 2.05) is 25.7 Å². The number of hydrogen-bond donors (Lipinski definition) is 2. The maximum Gasteiger partial charge on any atom is 0.282 e. The summed E-state index contributed by atoms with van der Waals surface area (Å²) in [6.45, 7) is 12.8. The Kier molecular flexibility index (Phi) is 5.42. The van der Waals surface area contributed by atoms with Gasteiger partial charge in [-0.3, -0.25) is 9.59 Å². The van der Waals surface area contributed by atoms with E-state index in [1.54, 1.807) is 6.92 Å². The van der Waals surface area contributed by atoms with Crippen LogP contribution in [-0.2, 0) is 9.59 Å². The Balaban J connectivity index is 2.00. The zero-order chi connectivity index (χ0) is 17.1. The SMILES string of the molecule is CC(=O)N1CC[NH+]([C@@H](C)C(=O)Nc2c(C)cc(C)cc2C)CC1. The van der Waals surface area contributed by atoms with Crippen molar-refractivity contribution in [2.45, 2.75) is 40.7 Å². The van der Waals surface area contributed by atoms with E-state index in [-0.39, 0.29) is 17.9 Å². The Hall–Kier alpha value is -1.88. The summed E-state index contributed by atoms with van der Waals surface area (Å²) in [6, 6.07) is 4.06. The minimum absolute atomic E-state index is 0.0475. The predicted molar refractivity (Wildman–Crippen MR) is 91.7 cm³/mol. The molecule has 2 rings (SSSR count). The van der Waals surface area contributed by atoms with Gasteiger partial charge in [0.2, 0.25) is 5.91 Å². The van der Waals surface area contributed by atoms with Crippen LogP contribution in [0.1, 0.15) is 30.5 Å². The lowest BCUT2D eigenvalue weighted by atomic mass is 10.0. The molecular weight excluding hydrogens is 290 g/mol. The normalized spacial score (nSPS) is 17.0. The van der Waals surface area contributed by atoms with E-state index < -0.39 is 0 Å². The van der Waals surface area contributed by atoms with E-state index in [0.29, 0.717) is 0 Å². The Labute approximate surface area is 138 Å². The van der Waals surface area contributed by atoms with Crippen LogP contribution in [0.5, 0.6) is 0 Å². The van der Waals surface area contributed by atoms with E-state index in [4.69, 9.17) is 0 Å². The highest BCUT2D eigenvalue weighted by Gasteiger charge is 2.30. The van der Waals surface area contributed by atoms with Crippen molar-refractivity contribution in [2.75, 3.05) is 31.5 Å². The van der Waals surface area contributed by atoms with Crippen LogP contribution in [0.2, 0.25) is 0 Å². The summed E-state index contributed by atoms with van der Waals surface area (Å²) in [4.78, 5) is 27.1. The summed E-state index contributed by atoms with van der Waals surface area (Å²) < 4.78 is 0. The topological polar surface area (TPSA) is 53.9 Å². The minimum atomic E-state index is -0.121. The average molecular weight is 318 g/mol. The summed E-state index contributed by atoms with van der Waals surface area (Å²) >= 11 is 0. The molecule has 1 aromatic rings. The number of carbonyl (C=O) groups is 2. The molecule has 2 N–H and O–H groups in total. The van der Waals surface area contributed by atoms with E-state index >= 15 is 0 Å². The number of amides is 2. The molecule has 1 fully saturated rings. The first kappa shape index (κ1) is 17.5. The number of nitrogens with one attached hydrogen (secondary N) is 2. The first-order valence-electron chi connectivity index (χ1n) is 8.28. The number of aryl methyl sites for hydroxylation is 3. The van der Waals surface area contributed by atoms with Crippen LogP contribution in [0.4, 0.5) is 5.69 Å². The average Bonchev–Trinajstić information content (AvgIpc) is 2.50. The molecule has 0 saturated carbocycles.